The molecule has 1 heterocycles. The van der Waals surface area contributed by atoms with Gasteiger partial charge in [-0.25, -0.2) is 9.97 Å². The number of halogens is 1. The molecule has 3 heteroatoms. The van der Waals surface area contributed by atoms with Crippen LogP contribution in [0, 0.1) is 13.8 Å². The van der Waals surface area contributed by atoms with Crippen molar-refractivity contribution in [2.24, 2.45) is 0 Å². The number of hydrogen-bond acceptors (Lipinski definition) is 0. The molecule has 0 bridgehead atoms. The largest absolute Gasteiger partial charge is 1.00 e. The second-order valence-electron chi connectivity index (χ2n) is 1.68. The summed E-state index contributed by atoms with van der Waals surface area (Å²) in [5.41, 5.74) is 2.42. The van der Waals surface area contributed by atoms with Crippen LogP contribution in [-0.2, 0) is 0 Å². The molecular weight excluding hydrogens is 215 g/mol. The van der Waals surface area contributed by atoms with E-state index in [0.29, 0.717) is 0 Å². The maximum Gasteiger partial charge on any atom is 0.239 e. The molecule has 0 atom stereocenters. The molecule has 0 amide bonds. The van der Waals surface area contributed by atoms with Gasteiger partial charge in [0.1, 0.15) is 11.4 Å². The number of aromatic nitrogens is 2. The molecule has 46 valence electrons. The van der Waals surface area contributed by atoms with E-state index >= 15 is 0 Å². The summed E-state index contributed by atoms with van der Waals surface area (Å²) in [5, 5.41) is 0. The second kappa shape index (κ2) is 3.06. The minimum Gasteiger partial charge on any atom is -1.00 e. The lowest BCUT2D eigenvalue weighted by Gasteiger charge is -1.71. The topological polar surface area (TPSA) is 29.9 Å². The van der Waals surface area contributed by atoms with Gasteiger partial charge < -0.3 is 24.0 Å². The predicted molar refractivity (Wildman–Crippen MR) is 26.8 cm³/mol. The molecule has 0 saturated carbocycles. The quantitative estimate of drug-likeness (QED) is 0.470. The van der Waals surface area contributed by atoms with Gasteiger partial charge >= 0.3 is 0 Å². The zero-order chi connectivity index (χ0) is 5.28. The Morgan fingerprint density at radius 2 is 2.12 bits per heavy atom. The molecule has 0 aromatic carbocycles. The first-order valence-electron chi connectivity index (χ1n) is 2.33. The summed E-state index contributed by atoms with van der Waals surface area (Å²) in [6, 6.07) is 0. The van der Waals surface area contributed by atoms with E-state index in [1.54, 1.807) is 0 Å². The van der Waals surface area contributed by atoms with Crippen LogP contribution in [0.25, 0.3) is 0 Å². The predicted octanol–water partition coefficient (Wildman–Crippen LogP) is -2.55. The van der Waals surface area contributed by atoms with Crippen LogP contribution in [0.1, 0.15) is 11.4 Å². The zero-order valence-corrected chi connectivity index (χ0v) is 7.11. The number of imidazole rings is 1. The van der Waals surface area contributed by atoms with Crippen molar-refractivity contribution in [3.8, 4) is 0 Å². The van der Waals surface area contributed by atoms with Gasteiger partial charge in [0.2, 0.25) is 6.33 Å². The highest BCUT2D eigenvalue weighted by Crippen LogP contribution is 1.89. The van der Waals surface area contributed by atoms with Crippen LogP contribution in [-0.4, -0.2) is 4.98 Å². The fraction of sp³-hybridized carbons (Fsp3) is 0.400. The number of hydrogen-bond donors (Lipinski definition) is 1. The summed E-state index contributed by atoms with van der Waals surface area (Å²) < 4.78 is 0. The highest BCUT2D eigenvalue weighted by Gasteiger charge is 1.95. The van der Waals surface area contributed by atoms with Gasteiger partial charge in [-0.3, -0.25) is 0 Å². The summed E-state index contributed by atoms with van der Waals surface area (Å²) in [5.74, 6) is 0. The van der Waals surface area contributed by atoms with Gasteiger partial charge in [0.15, 0.2) is 0 Å². The summed E-state index contributed by atoms with van der Waals surface area (Å²) in [4.78, 5) is 6.03. The van der Waals surface area contributed by atoms with E-state index in [2.05, 4.69) is 9.97 Å². The highest BCUT2D eigenvalue weighted by atomic mass is 127. The maximum absolute atomic E-state index is 3.01. The number of aryl methyl sites for hydroxylation is 2. The fourth-order valence-corrected chi connectivity index (χ4v) is 0.469. The van der Waals surface area contributed by atoms with Gasteiger partial charge in [-0.1, -0.05) is 0 Å². The average molecular weight is 224 g/mol. The monoisotopic (exact) mass is 224 g/mol. The van der Waals surface area contributed by atoms with E-state index in [-0.39, 0.29) is 24.0 Å². The van der Waals surface area contributed by atoms with Crippen molar-refractivity contribution in [1.82, 2.24) is 4.98 Å². The van der Waals surface area contributed by atoms with Crippen LogP contribution < -0.4 is 29.0 Å². The van der Waals surface area contributed by atoms with E-state index in [1.807, 2.05) is 20.2 Å². The van der Waals surface area contributed by atoms with Crippen LogP contribution in [0.5, 0.6) is 0 Å². The SMILES string of the molecule is Cc1[nH]c[nH+]c1C.[I-]. The van der Waals surface area contributed by atoms with Gasteiger partial charge in [-0.2, -0.15) is 0 Å². The molecule has 2 N–H and O–H groups in total. The summed E-state index contributed by atoms with van der Waals surface area (Å²) in [6.45, 7) is 4.07. The third-order valence-corrected chi connectivity index (χ3v) is 1.14. The molecule has 2 nitrogen and oxygen atoms in total. The molecule has 0 saturated heterocycles. The molecule has 0 radical (unpaired) electrons. The minimum absolute atomic E-state index is 0. The first-order valence-corrected chi connectivity index (χ1v) is 2.33. The summed E-state index contributed by atoms with van der Waals surface area (Å²) in [7, 11) is 0. The van der Waals surface area contributed by atoms with Crippen LogP contribution in [0.4, 0.5) is 0 Å². The van der Waals surface area contributed by atoms with Crippen molar-refractivity contribution in [2.45, 2.75) is 13.8 Å². The first-order chi connectivity index (χ1) is 3.30. The van der Waals surface area contributed by atoms with Gasteiger partial charge in [0, 0.05) is 13.8 Å². The van der Waals surface area contributed by atoms with Crippen LogP contribution in [0.2, 0.25) is 0 Å². The molecular formula is C5H9IN2. The van der Waals surface area contributed by atoms with Crippen LogP contribution in [0.15, 0.2) is 6.33 Å². The van der Waals surface area contributed by atoms with Gasteiger partial charge in [0.25, 0.3) is 0 Å². The summed E-state index contributed by atoms with van der Waals surface area (Å²) in [6.07, 6.45) is 1.82. The minimum atomic E-state index is 0. The van der Waals surface area contributed by atoms with Crippen LogP contribution >= 0.6 is 0 Å². The molecule has 0 aliphatic rings. The molecule has 0 unspecified atom stereocenters. The summed E-state index contributed by atoms with van der Waals surface area (Å²) >= 11 is 0. The molecule has 1 aromatic heterocycles. The third kappa shape index (κ3) is 1.47. The second-order valence-corrected chi connectivity index (χ2v) is 1.68. The first kappa shape index (κ1) is 7.94. The highest BCUT2D eigenvalue weighted by molar-refractivity contribution is 4.97. The molecule has 0 spiro atoms. The van der Waals surface area contributed by atoms with Crippen molar-refractivity contribution in [2.75, 3.05) is 0 Å². The molecule has 0 fully saturated rings. The zero-order valence-electron chi connectivity index (χ0n) is 4.96. The fourth-order valence-electron chi connectivity index (χ4n) is 0.469. The van der Waals surface area contributed by atoms with Gasteiger partial charge in [-0.05, 0) is 0 Å². The standard InChI is InChI=1S/C5H8N2.HI/c1-4-5(2)7-3-6-4;/h3H,1-2H3,(H,6,7);1H. The Morgan fingerprint density at radius 3 is 2.25 bits per heavy atom. The number of H-pyrrole nitrogens is 2. The normalized spacial score (nSPS) is 8.25. The van der Waals surface area contributed by atoms with Crippen molar-refractivity contribution < 1.29 is 29.0 Å². The van der Waals surface area contributed by atoms with Crippen molar-refractivity contribution >= 4 is 0 Å². The Morgan fingerprint density at radius 1 is 1.50 bits per heavy atom. The lowest BCUT2D eigenvalue weighted by atomic mass is 10.4. The molecule has 0 aliphatic heterocycles. The lowest BCUT2D eigenvalue weighted by Crippen LogP contribution is -3.00. The number of nitrogens with one attached hydrogen (secondary N) is 2. The molecule has 0 aliphatic carbocycles. The molecule has 1 aromatic rings. The van der Waals surface area contributed by atoms with E-state index in [1.165, 1.54) is 11.4 Å². The average Bonchev–Trinajstić information content (AvgIpc) is 1.91. The number of aromatic amines is 2. The van der Waals surface area contributed by atoms with E-state index in [4.69, 9.17) is 0 Å². The maximum atomic E-state index is 3.01. The third-order valence-electron chi connectivity index (χ3n) is 1.14. The Balaban J connectivity index is 0.000000490. The Bertz CT molecular complexity index is 143. The Labute approximate surface area is 65.7 Å². The van der Waals surface area contributed by atoms with E-state index in [9.17, 15) is 0 Å². The molecule has 8 heavy (non-hydrogen) atoms. The number of rotatable bonds is 0. The van der Waals surface area contributed by atoms with Gasteiger partial charge in [-0.15, -0.1) is 0 Å². The van der Waals surface area contributed by atoms with Gasteiger partial charge in [0.05, 0.1) is 0 Å². The van der Waals surface area contributed by atoms with E-state index < -0.39 is 0 Å². The van der Waals surface area contributed by atoms with Crippen molar-refractivity contribution in [3.05, 3.63) is 17.7 Å². The molecule has 1 rings (SSSR count). The van der Waals surface area contributed by atoms with Crippen LogP contribution in [0.3, 0.4) is 0 Å². The Kier molecular flexibility index (Phi) is 3.04. The van der Waals surface area contributed by atoms with E-state index in [0.717, 1.165) is 0 Å². The van der Waals surface area contributed by atoms with Crippen molar-refractivity contribution in [3.63, 3.8) is 0 Å². The Hall–Kier alpha value is -0.0600. The van der Waals surface area contributed by atoms with Crippen molar-refractivity contribution in [1.29, 1.82) is 0 Å². The smallest absolute Gasteiger partial charge is 0.239 e. The lowest BCUT2D eigenvalue weighted by molar-refractivity contribution is -0.385.